The first-order valence-corrected chi connectivity index (χ1v) is 7.14. The van der Waals surface area contributed by atoms with Crippen LogP contribution in [0.5, 0.6) is 5.75 Å². The first-order chi connectivity index (χ1) is 10.1. The van der Waals surface area contributed by atoms with Gasteiger partial charge in [0.1, 0.15) is 5.75 Å². The Morgan fingerprint density at radius 2 is 2.19 bits per heavy atom. The van der Waals surface area contributed by atoms with E-state index in [1.54, 1.807) is 30.4 Å². The van der Waals surface area contributed by atoms with Crippen LogP contribution in [0.25, 0.3) is 11.1 Å². The normalized spacial score (nSPS) is 18.1. The fraction of sp³-hybridized carbons (Fsp3) is 0.250. The van der Waals surface area contributed by atoms with Crippen molar-refractivity contribution in [3.63, 3.8) is 0 Å². The number of benzene rings is 1. The van der Waals surface area contributed by atoms with E-state index in [4.69, 9.17) is 16.3 Å². The molecule has 1 saturated heterocycles. The van der Waals surface area contributed by atoms with Crippen molar-refractivity contribution in [1.82, 2.24) is 9.88 Å². The van der Waals surface area contributed by atoms with Gasteiger partial charge in [-0.15, -0.1) is 0 Å². The summed E-state index contributed by atoms with van der Waals surface area (Å²) in [5, 5.41) is 0.499. The maximum Gasteiger partial charge on any atom is 0.263 e. The maximum absolute atomic E-state index is 11.9. The lowest BCUT2D eigenvalue weighted by Crippen LogP contribution is -2.29. The molecule has 1 aliphatic heterocycles. The first-order valence-electron chi connectivity index (χ1n) is 6.77. The van der Waals surface area contributed by atoms with Crippen LogP contribution >= 0.6 is 11.6 Å². The zero-order chi connectivity index (χ0) is 14.8. The molecule has 1 unspecified atom stereocenters. The van der Waals surface area contributed by atoms with Crippen LogP contribution in [-0.2, 0) is 4.79 Å². The lowest BCUT2D eigenvalue weighted by atomic mass is 10.1. The molecule has 0 bridgehead atoms. The average Bonchev–Trinajstić information content (AvgIpc) is 2.82. The summed E-state index contributed by atoms with van der Waals surface area (Å²) in [7, 11) is 1.78. The molecule has 1 aromatic heterocycles. The number of amides is 1. The van der Waals surface area contributed by atoms with E-state index in [-0.39, 0.29) is 5.91 Å². The Hall–Kier alpha value is -2.07. The third-order valence-electron chi connectivity index (χ3n) is 3.57. The minimum absolute atomic E-state index is 0.00222. The third kappa shape index (κ3) is 2.85. The van der Waals surface area contributed by atoms with Gasteiger partial charge in [-0.25, -0.2) is 0 Å². The molecule has 2 aromatic rings. The number of hydrogen-bond acceptors (Lipinski definition) is 3. The molecule has 5 heteroatoms. The molecule has 0 radical (unpaired) electrons. The lowest BCUT2D eigenvalue weighted by molar-refractivity contribution is -0.132. The highest BCUT2D eigenvalue weighted by Crippen LogP contribution is 2.31. The fourth-order valence-electron chi connectivity index (χ4n) is 2.36. The standard InChI is InChI=1S/C16H15ClN2O2/c1-19-8-6-15(16(19)20)21-14-5-4-11(9-13(14)17)12-3-2-7-18-10-12/h2-5,7,9-10,15H,6,8H2,1H3. The van der Waals surface area contributed by atoms with Crippen molar-refractivity contribution in [3.05, 3.63) is 47.7 Å². The molecule has 1 amide bonds. The van der Waals surface area contributed by atoms with Gasteiger partial charge >= 0.3 is 0 Å². The van der Waals surface area contributed by atoms with Crippen molar-refractivity contribution in [1.29, 1.82) is 0 Å². The van der Waals surface area contributed by atoms with Crippen molar-refractivity contribution in [3.8, 4) is 16.9 Å². The smallest absolute Gasteiger partial charge is 0.263 e. The van der Waals surface area contributed by atoms with E-state index in [1.807, 2.05) is 24.3 Å². The van der Waals surface area contributed by atoms with Crippen molar-refractivity contribution in [2.24, 2.45) is 0 Å². The van der Waals surface area contributed by atoms with Crippen molar-refractivity contribution in [2.75, 3.05) is 13.6 Å². The summed E-state index contributed by atoms with van der Waals surface area (Å²) in [5.74, 6) is 0.542. The van der Waals surface area contributed by atoms with E-state index in [9.17, 15) is 4.79 Å². The number of carbonyl (C=O) groups excluding carboxylic acids is 1. The Morgan fingerprint density at radius 3 is 2.81 bits per heavy atom. The number of aromatic nitrogens is 1. The topological polar surface area (TPSA) is 42.4 Å². The van der Waals surface area contributed by atoms with E-state index in [0.717, 1.165) is 17.7 Å². The number of pyridine rings is 1. The van der Waals surface area contributed by atoms with Gasteiger partial charge in [0, 0.05) is 38.0 Å². The molecule has 2 heterocycles. The predicted octanol–water partition coefficient (Wildman–Crippen LogP) is 3.01. The van der Waals surface area contributed by atoms with Crippen LogP contribution in [-0.4, -0.2) is 35.5 Å². The quantitative estimate of drug-likeness (QED) is 0.875. The molecule has 3 rings (SSSR count). The highest BCUT2D eigenvalue weighted by atomic mass is 35.5. The summed E-state index contributed by atoms with van der Waals surface area (Å²) in [4.78, 5) is 17.6. The molecule has 0 N–H and O–H groups in total. The van der Waals surface area contributed by atoms with E-state index in [0.29, 0.717) is 17.2 Å². The number of hydrogen-bond donors (Lipinski definition) is 0. The summed E-state index contributed by atoms with van der Waals surface area (Å²) >= 11 is 6.27. The Kier molecular flexibility index (Phi) is 3.80. The van der Waals surface area contributed by atoms with Gasteiger partial charge in [-0.1, -0.05) is 23.7 Å². The van der Waals surface area contributed by atoms with Crippen molar-refractivity contribution >= 4 is 17.5 Å². The molecular formula is C16H15ClN2O2. The molecule has 4 nitrogen and oxygen atoms in total. The SMILES string of the molecule is CN1CCC(Oc2ccc(-c3cccnc3)cc2Cl)C1=O. The van der Waals surface area contributed by atoms with Crippen LogP contribution in [0.3, 0.4) is 0 Å². The summed E-state index contributed by atoms with van der Waals surface area (Å²) in [6, 6.07) is 9.39. The number of likely N-dealkylation sites (tertiary alicyclic amines) is 1. The Balaban J connectivity index is 1.81. The number of carbonyl (C=O) groups is 1. The molecule has 108 valence electrons. The number of nitrogens with zero attached hydrogens (tertiary/aromatic N) is 2. The molecular weight excluding hydrogens is 288 g/mol. The second-order valence-corrected chi connectivity index (χ2v) is 5.45. The molecule has 0 aliphatic carbocycles. The first kappa shape index (κ1) is 13.9. The van der Waals surface area contributed by atoms with Gasteiger partial charge in [0.05, 0.1) is 5.02 Å². The van der Waals surface area contributed by atoms with Gasteiger partial charge < -0.3 is 9.64 Å². The second-order valence-electron chi connectivity index (χ2n) is 5.04. The van der Waals surface area contributed by atoms with Gasteiger partial charge in [0.25, 0.3) is 5.91 Å². The molecule has 1 fully saturated rings. The number of ether oxygens (including phenoxy) is 1. The number of rotatable bonds is 3. The molecule has 0 spiro atoms. The van der Waals surface area contributed by atoms with Gasteiger partial charge in [-0.05, 0) is 23.8 Å². The van der Waals surface area contributed by atoms with E-state index in [1.165, 1.54) is 0 Å². The maximum atomic E-state index is 11.9. The average molecular weight is 303 g/mol. The Morgan fingerprint density at radius 1 is 1.33 bits per heavy atom. The molecule has 1 aliphatic rings. The second kappa shape index (κ2) is 5.74. The molecule has 21 heavy (non-hydrogen) atoms. The van der Waals surface area contributed by atoms with Crippen LogP contribution in [0, 0.1) is 0 Å². The Bertz CT molecular complexity index is 661. The van der Waals surface area contributed by atoms with E-state index in [2.05, 4.69) is 4.98 Å². The zero-order valence-corrected chi connectivity index (χ0v) is 12.4. The van der Waals surface area contributed by atoms with Crippen LogP contribution in [0.2, 0.25) is 5.02 Å². The Labute approximate surface area is 128 Å². The lowest BCUT2D eigenvalue weighted by Gasteiger charge is -2.14. The fourth-order valence-corrected chi connectivity index (χ4v) is 2.59. The third-order valence-corrected chi connectivity index (χ3v) is 3.87. The summed E-state index contributed by atoms with van der Waals surface area (Å²) in [5.41, 5.74) is 1.96. The minimum atomic E-state index is -0.434. The van der Waals surface area contributed by atoms with Crippen molar-refractivity contribution in [2.45, 2.75) is 12.5 Å². The zero-order valence-electron chi connectivity index (χ0n) is 11.6. The summed E-state index contributed by atoms with van der Waals surface area (Å²) in [6.45, 7) is 0.717. The summed E-state index contributed by atoms with van der Waals surface area (Å²) in [6.07, 6.45) is 3.76. The van der Waals surface area contributed by atoms with Crippen LogP contribution in [0.15, 0.2) is 42.7 Å². The number of likely N-dealkylation sites (N-methyl/N-ethyl adjacent to an activating group) is 1. The van der Waals surface area contributed by atoms with Gasteiger partial charge in [0.15, 0.2) is 6.10 Å². The highest BCUT2D eigenvalue weighted by Gasteiger charge is 2.31. The van der Waals surface area contributed by atoms with Crippen LogP contribution in [0.4, 0.5) is 0 Å². The highest BCUT2D eigenvalue weighted by molar-refractivity contribution is 6.32. The van der Waals surface area contributed by atoms with E-state index < -0.39 is 6.10 Å². The number of halogens is 1. The van der Waals surface area contributed by atoms with Crippen LogP contribution < -0.4 is 4.74 Å². The van der Waals surface area contributed by atoms with Crippen molar-refractivity contribution < 1.29 is 9.53 Å². The van der Waals surface area contributed by atoms with Crippen LogP contribution in [0.1, 0.15) is 6.42 Å². The van der Waals surface area contributed by atoms with Gasteiger partial charge in [0.2, 0.25) is 0 Å². The molecule has 1 aromatic carbocycles. The molecule has 1 atom stereocenters. The molecule has 0 saturated carbocycles. The van der Waals surface area contributed by atoms with Gasteiger partial charge in [-0.2, -0.15) is 0 Å². The largest absolute Gasteiger partial charge is 0.479 e. The van der Waals surface area contributed by atoms with E-state index >= 15 is 0 Å². The summed E-state index contributed by atoms with van der Waals surface area (Å²) < 4.78 is 5.74. The monoisotopic (exact) mass is 302 g/mol. The minimum Gasteiger partial charge on any atom is -0.479 e. The van der Waals surface area contributed by atoms with Gasteiger partial charge in [-0.3, -0.25) is 9.78 Å². The predicted molar refractivity (Wildman–Crippen MR) is 81.4 cm³/mol.